The monoisotopic (exact) mass is 1110 g/mol. The smallest absolute Gasteiger partial charge is 0.306 e. The van der Waals surface area contributed by atoms with Crippen molar-refractivity contribution in [3.63, 3.8) is 0 Å². The van der Waals surface area contributed by atoms with E-state index in [9.17, 15) is 14.4 Å². The van der Waals surface area contributed by atoms with Gasteiger partial charge in [0.05, 0.1) is 0 Å². The van der Waals surface area contributed by atoms with E-state index in [-0.39, 0.29) is 31.1 Å². The highest BCUT2D eigenvalue weighted by molar-refractivity contribution is 5.71. The van der Waals surface area contributed by atoms with Crippen LogP contribution in [0.5, 0.6) is 0 Å². The number of esters is 3. The van der Waals surface area contributed by atoms with E-state index in [0.717, 1.165) is 83.5 Å². The highest BCUT2D eigenvalue weighted by Gasteiger charge is 2.19. The first-order valence-electron chi connectivity index (χ1n) is 34.8. The molecule has 0 aliphatic carbocycles. The summed E-state index contributed by atoms with van der Waals surface area (Å²) in [6.07, 6.45) is 86.8. The van der Waals surface area contributed by atoms with Gasteiger partial charge in [-0.05, 0) is 109 Å². The van der Waals surface area contributed by atoms with E-state index in [2.05, 4.69) is 81.5 Å². The summed E-state index contributed by atoms with van der Waals surface area (Å²) in [6.45, 7) is 6.62. The van der Waals surface area contributed by atoms with Crippen molar-refractivity contribution in [1.29, 1.82) is 0 Å². The van der Waals surface area contributed by atoms with Crippen LogP contribution >= 0.6 is 0 Å². The zero-order valence-corrected chi connectivity index (χ0v) is 52.9. The molecule has 0 saturated carbocycles. The number of carbonyl (C=O) groups excluding carboxylic acids is 3. The standard InChI is InChI=1S/C73H132O6/c1-4-7-10-13-16-19-22-25-27-29-31-32-33-34-35-36-37-38-39-40-41-42-43-45-46-48-51-54-57-60-63-66-72(75)78-69-70(68-77-71(74)65-62-59-56-53-50-24-21-18-15-12-9-6-3)79-73(76)67-64-61-58-55-52-49-47-44-30-28-26-23-20-17-14-11-8-5-2/h18,20-23,25,28-31,70H,4-17,19,24,26-27,32-69H2,1-3H3/b21-18-,23-20-,25-22-,30-28-,31-29-. The van der Waals surface area contributed by atoms with E-state index in [0.29, 0.717) is 19.3 Å². The van der Waals surface area contributed by atoms with Gasteiger partial charge in [0.2, 0.25) is 0 Å². The summed E-state index contributed by atoms with van der Waals surface area (Å²) in [5, 5.41) is 0. The minimum Gasteiger partial charge on any atom is -0.462 e. The maximum Gasteiger partial charge on any atom is 0.306 e. The molecule has 1 unspecified atom stereocenters. The largest absolute Gasteiger partial charge is 0.462 e. The van der Waals surface area contributed by atoms with E-state index in [1.807, 2.05) is 0 Å². The van der Waals surface area contributed by atoms with E-state index in [4.69, 9.17) is 14.2 Å². The van der Waals surface area contributed by atoms with Gasteiger partial charge >= 0.3 is 17.9 Å². The normalized spacial score (nSPS) is 12.4. The summed E-state index contributed by atoms with van der Waals surface area (Å²) >= 11 is 0. The van der Waals surface area contributed by atoms with Gasteiger partial charge in [-0.1, -0.05) is 300 Å². The fourth-order valence-corrected chi connectivity index (χ4v) is 10.2. The van der Waals surface area contributed by atoms with Gasteiger partial charge in [-0.3, -0.25) is 14.4 Å². The van der Waals surface area contributed by atoms with Crippen molar-refractivity contribution in [3.8, 4) is 0 Å². The Bertz CT molecular complexity index is 1410. The number of ether oxygens (including phenoxy) is 3. The number of carbonyl (C=O) groups is 3. The SMILES string of the molecule is CCCCC/C=C\CCCCCCCC(=O)OCC(COC(=O)CCCCCCCCCCCCCCCCCCCCC/C=C\C/C=C\CCCCCCC)OC(=O)CCCCCCCCC/C=C\C/C=C\CCCCCC. The third-order valence-corrected chi connectivity index (χ3v) is 15.5. The molecule has 6 heteroatoms. The highest BCUT2D eigenvalue weighted by Crippen LogP contribution is 2.17. The third-order valence-electron chi connectivity index (χ3n) is 15.5. The second-order valence-electron chi connectivity index (χ2n) is 23.4. The van der Waals surface area contributed by atoms with E-state index >= 15 is 0 Å². The molecule has 1 atom stereocenters. The molecule has 0 rings (SSSR count). The minimum atomic E-state index is -0.781. The molecule has 460 valence electrons. The summed E-state index contributed by atoms with van der Waals surface area (Å²) in [6, 6.07) is 0. The second-order valence-corrected chi connectivity index (χ2v) is 23.4. The molecule has 0 aliphatic heterocycles. The Balaban J connectivity index is 4.16. The molecule has 0 fully saturated rings. The summed E-state index contributed by atoms with van der Waals surface area (Å²) in [4.78, 5) is 38.3. The zero-order chi connectivity index (χ0) is 57.1. The maximum atomic E-state index is 12.9. The first kappa shape index (κ1) is 76.1. The van der Waals surface area contributed by atoms with Crippen molar-refractivity contribution < 1.29 is 28.6 Å². The van der Waals surface area contributed by atoms with Gasteiger partial charge in [0.1, 0.15) is 13.2 Å². The van der Waals surface area contributed by atoms with Crippen LogP contribution in [0.3, 0.4) is 0 Å². The molecule has 6 nitrogen and oxygen atoms in total. The van der Waals surface area contributed by atoms with Crippen molar-refractivity contribution in [1.82, 2.24) is 0 Å². The Morgan fingerprint density at radius 2 is 0.456 bits per heavy atom. The number of allylic oxidation sites excluding steroid dienone is 10. The lowest BCUT2D eigenvalue weighted by Gasteiger charge is -2.18. The summed E-state index contributed by atoms with van der Waals surface area (Å²) < 4.78 is 16.9. The van der Waals surface area contributed by atoms with Crippen molar-refractivity contribution in [3.05, 3.63) is 60.8 Å². The van der Waals surface area contributed by atoms with Crippen molar-refractivity contribution >= 4 is 17.9 Å². The molecular weight excluding hydrogens is 973 g/mol. The molecule has 0 spiro atoms. The summed E-state index contributed by atoms with van der Waals surface area (Å²) in [5.41, 5.74) is 0. The van der Waals surface area contributed by atoms with Gasteiger partial charge in [0.25, 0.3) is 0 Å². The van der Waals surface area contributed by atoms with Gasteiger partial charge in [-0.2, -0.15) is 0 Å². The summed E-state index contributed by atoms with van der Waals surface area (Å²) in [7, 11) is 0. The van der Waals surface area contributed by atoms with Gasteiger partial charge in [0, 0.05) is 19.3 Å². The molecule has 0 N–H and O–H groups in total. The number of hydrogen-bond donors (Lipinski definition) is 0. The molecule has 0 aromatic heterocycles. The maximum absolute atomic E-state index is 12.9. The zero-order valence-electron chi connectivity index (χ0n) is 52.9. The summed E-state index contributed by atoms with van der Waals surface area (Å²) in [5.74, 6) is -0.874. The van der Waals surface area contributed by atoms with Crippen LogP contribution in [-0.2, 0) is 28.6 Å². The van der Waals surface area contributed by atoms with Crippen molar-refractivity contribution in [2.24, 2.45) is 0 Å². The van der Waals surface area contributed by atoms with Crippen molar-refractivity contribution in [2.45, 2.75) is 374 Å². The molecule has 0 bridgehead atoms. The lowest BCUT2D eigenvalue weighted by Crippen LogP contribution is -2.30. The molecule has 79 heavy (non-hydrogen) atoms. The Morgan fingerprint density at radius 1 is 0.253 bits per heavy atom. The molecule has 0 aromatic carbocycles. The predicted octanol–water partition coefficient (Wildman–Crippen LogP) is 23.9. The molecular formula is C73H132O6. The first-order valence-corrected chi connectivity index (χ1v) is 34.8. The Morgan fingerprint density at radius 3 is 0.747 bits per heavy atom. The fourth-order valence-electron chi connectivity index (χ4n) is 10.2. The molecule has 0 amide bonds. The van der Waals surface area contributed by atoms with Crippen LogP contribution in [-0.4, -0.2) is 37.2 Å². The quantitative estimate of drug-likeness (QED) is 0.0261. The number of rotatable bonds is 64. The van der Waals surface area contributed by atoms with Crippen LogP contribution in [0, 0.1) is 0 Å². The van der Waals surface area contributed by atoms with E-state index in [1.54, 1.807) is 0 Å². The average Bonchev–Trinajstić information content (AvgIpc) is 3.45. The predicted molar refractivity (Wildman–Crippen MR) is 344 cm³/mol. The Labute approximate surface area is 491 Å². The van der Waals surface area contributed by atoms with Crippen LogP contribution in [0.15, 0.2) is 60.8 Å². The van der Waals surface area contributed by atoms with Crippen LogP contribution in [0.1, 0.15) is 367 Å². The van der Waals surface area contributed by atoms with Crippen molar-refractivity contribution in [2.75, 3.05) is 13.2 Å². The number of hydrogen-bond acceptors (Lipinski definition) is 6. The van der Waals surface area contributed by atoms with E-state index in [1.165, 1.54) is 244 Å². The Kier molecular flexibility index (Phi) is 65.1. The van der Waals surface area contributed by atoms with Crippen LogP contribution in [0.25, 0.3) is 0 Å². The fraction of sp³-hybridized carbons (Fsp3) is 0.822. The van der Waals surface area contributed by atoms with E-state index < -0.39 is 6.10 Å². The Hall–Kier alpha value is -2.89. The second kappa shape index (κ2) is 67.6. The molecule has 0 heterocycles. The molecule has 0 aromatic rings. The van der Waals surface area contributed by atoms with Gasteiger partial charge in [0.15, 0.2) is 6.10 Å². The average molecular weight is 1110 g/mol. The first-order chi connectivity index (χ1) is 39.0. The molecule has 0 radical (unpaired) electrons. The lowest BCUT2D eigenvalue weighted by molar-refractivity contribution is -0.167. The van der Waals surface area contributed by atoms with Crippen LogP contribution in [0.2, 0.25) is 0 Å². The third kappa shape index (κ3) is 65.8. The van der Waals surface area contributed by atoms with Crippen LogP contribution < -0.4 is 0 Å². The van der Waals surface area contributed by atoms with Gasteiger partial charge in [-0.25, -0.2) is 0 Å². The van der Waals surface area contributed by atoms with Gasteiger partial charge in [-0.15, -0.1) is 0 Å². The number of unbranched alkanes of at least 4 members (excludes halogenated alkanes) is 43. The van der Waals surface area contributed by atoms with Crippen LogP contribution in [0.4, 0.5) is 0 Å². The minimum absolute atomic E-state index is 0.0767. The molecule has 0 aliphatic rings. The lowest BCUT2D eigenvalue weighted by atomic mass is 10.0. The highest BCUT2D eigenvalue weighted by atomic mass is 16.6. The topological polar surface area (TPSA) is 78.9 Å². The van der Waals surface area contributed by atoms with Gasteiger partial charge < -0.3 is 14.2 Å². The molecule has 0 saturated heterocycles.